The van der Waals surface area contributed by atoms with Crippen LogP contribution in [0.1, 0.15) is 22.9 Å². The van der Waals surface area contributed by atoms with E-state index in [-0.39, 0.29) is 6.04 Å². The van der Waals surface area contributed by atoms with Gasteiger partial charge >= 0.3 is 0 Å². The minimum absolute atomic E-state index is 0.236. The van der Waals surface area contributed by atoms with Crippen LogP contribution in [-0.4, -0.2) is 9.78 Å². The van der Waals surface area contributed by atoms with Crippen LogP contribution in [0.2, 0.25) is 5.02 Å². The van der Waals surface area contributed by atoms with E-state index >= 15 is 0 Å². The van der Waals surface area contributed by atoms with Crippen LogP contribution in [-0.2, 0) is 7.05 Å². The molecule has 0 fully saturated rings. The van der Waals surface area contributed by atoms with Gasteiger partial charge < -0.3 is 5.73 Å². The molecule has 0 saturated carbocycles. The van der Waals surface area contributed by atoms with Crippen LogP contribution in [0.25, 0.3) is 0 Å². The van der Waals surface area contributed by atoms with Crippen LogP contribution < -0.4 is 5.73 Å². The highest BCUT2D eigenvalue weighted by atomic mass is 35.5. The van der Waals surface area contributed by atoms with Crippen molar-refractivity contribution in [2.75, 3.05) is 0 Å². The molecule has 1 atom stereocenters. The zero-order chi connectivity index (χ0) is 11.7. The molecule has 16 heavy (non-hydrogen) atoms. The Morgan fingerprint density at radius 2 is 2.19 bits per heavy atom. The average Bonchev–Trinajstić information content (AvgIpc) is 2.58. The molecule has 0 saturated heterocycles. The molecule has 1 heterocycles. The Hall–Kier alpha value is -1.32. The molecule has 84 valence electrons. The quantitative estimate of drug-likeness (QED) is 0.869. The van der Waals surface area contributed by atoms with Gasteiger partial charge in [0, 0.05) is 7.05 Å². The maximum atomic E-state index is 6.19. The van der Waals surface area contributed by atoms with Gasteiger partial charge in [-0.1, -0.05) is 41.4 Å². The Morgan fingerprint density at radius 3 is 2.75 bits per heavy atom. The summed E-state index contributed by atoms with van der Waals surface area (Å²) in [5.74, 6) is 0. The van der Waals surface area contributed by atoms with Gasteiger partial charge in [-0.2, -0.15) is 5.10 Å². The maximum Gasteiger partial charge on any atom is 0.0837 e. The second-order valence-electron chi connectivity index (χ2n) is 3.89. The topological polar surface area (TPSA) is 43.8 Å². The third kappa shape index (κ3) is 1.96. The molecular weight excluding hydrogens is 222 g/mol. The lowest BCUT2D eigenvalue weighted by Gasteiger charge is -2.13. The SMILES string of the molecule is Cc1cccc(C(N)c2c(Cl)cnn2C)c1. The largest absolute Gasteiger partial charge is 0.319 e. The number of rotatable bonds is 2. The molecule has 1 aromatic carbocycles. The molecular formula is C12H14ClN3. The zero-order valence-corrected chi connectivity index (χ0v) is 10.1. The van der Waals surface area contributed by atoms with E-state index < -0.39 is 0 Å². The monoisotopic (exact) mass is 235 g/mol. The first-order chi connectivity index (χ1) is 7.59. The van der Waals surface area contributed by atoms with E-state index in [0.717, 1.165) is 11.3 Å². The summed E-state index contributed by atoms with van der Waals surface area (Å²) in [7, 11) is 1.84. The number of halogens is 1. The van der Waals surface area contributed by atoms with Gasteiger partial charge in [0.05, 0.1) is 23.0 Å². The van der Waals surface area contributed by atoms with Crippen molar-refractivity contribution in [1.29, 1.82) is 0 Å². The van der Waals surface area contributed by atoms with E-state index in [2.05, 4.69) is 11.2 Å². The lowest BCUT2D eigenvalue weighted by molar-refractivity contribution is 0.673. The molecule has 0 radical (unpaired) electrons. The van der Waals surface area contributed by atoms with Crippen molar-refractivity contribution in [3.63, 3.8) is 0 Å². The molecule has 0 spiro atoms. The van der Waals surface area contributed by atoms with E-state index in [1.54, 1.807) is 10.9 Å². The molecule has 0 aliphatic rings. The molecule has 1 aromatic heterocycles. The highest BCUT2D eigenvalue weighted by Crippen LogP contribution is 2.25. The number of hydrogen-bond donors (Lipinski definition) is 1. The standard InChI is InChI=1S/C12H14ClN3/c1-8-4-3-5-9(6-8)11(14)12-10(13)7-15-16(12)2/h3-7,11H,14H2,1-2H3. The summed E-state index contributed by atoms with van der Waals surface area (Å²) in [6.45, 7) is 2.04. The summed E-state index contributed by atoms with van der Waals surface area (Å²) in [5, 5.41) is 4.70. The first-order valence-corrected chi connectivity index (χ1v) is 5.47. The Kier molecular flexibility index (Phi) is 2.99. The Labute approximate surface area is 99.8 Å². The van der Waals surface area contributed by atoms with Gasteiger partial charge in [0.15, 0.2) is 0 Å². The van der Waals surface area contributed by atoms with E-state index in [0.29, 0.717) is 5.02 Å². The summed E-state index contributed by atoms with van der Waals surface area (Å²) in [6.07, 6.45) is 1.62. The number of benzene rings is 1. The van der Waals surface area contributed by atoms with E-state index in [9.17, 15) is 0 Å². The molecule has 0 bridgehead atoms. The summed E-state index contributed by atoms with van der Waals surface area (Å²) in [5.41, 5.74) is 9.26. The second-order valence-corrected chi connectivity index (χ2v) is 4.30. The molecule has 0 amide bonds. The average molecular weight is 236 g/mol. The van der Waals surface area contributed by atoms with Crippen LogP contribution in [0.5, 0.6) is 0 Å². The smallest absolute Gasteiger partial charge is 0.0837 e. The van der Waals surface area contributed by atoms with Crippen LogP contribution in [0.3, 0.4) is 0 Å². The van der Waals surface area contributed by atoms with E-state index in [4.69, 9.17) is 17.3 Å². The van der Waals surface area contributed by atoms with Crippen molar-refractivity contribution >= 4 is 11.6 Å². The molecule has 0 aliphatic heterocycles. The molecule has 0 aliphatic carbocycles. The fraction of sp³-hybridized carbons (Fsp3) is 0.250. The number of aryl methyl sites for hydroxylation is 2. The highest BCUT2D eigenvalue weighted by Gasteiger charge is 2.16. The Morgan fingerprint density at radius 1 is 1.44 bits per heavy atom. The third-order valence-electron chi connectivity index (χ3n) is 2.63. The first-order valence-electron chi connectivity index (χ1n) is 5.09. The first kappa shape index (κ1) is 11.2. The summed E-state index contributed by atoms with van der Waals surface area (Å²) >= 11 is 6.07. The van der Waals surface area contributed by atoms with Gasteiger partial charge in [-0.25, -0.2) is 0 Å². The van der Waals surface area contributed by atoms with Crippen molar-refractivity contribution in [2.45, 2.75) is 13.0 Å². The van der Waals surface area contributed by atoms with Gasteiger partial charge in [0.1, 0.15) is 0 Å². The van der Waals surface area contributed by atoms with E-state index in [1.807, 2.05) is 32.2 Å². The van der Waals surface area contributed by atoms with E-state index in [1.165, 1.54) is 5.56 Å². The van der Waals surface area contributed by atoms with Crippen LogP contribution >= 0.6 is 11.6 Å². The number of aromatic nitrogens is 2. The van der Waals surface area contributed by atoms with Crippen molar-refractivity contribution in [3.05, 3.63) is 52.3 Å². The maximum absolute atomic E-state index is 6.19. The van der Waals surface area contributed by atoms with Crippen LogP contribution in [0, 0.1) is 6.92 Å². The lowest BCUT2D eigenvalue weighted by atomic mass is 10.0. The predicted octanol–water partition coefficient (Wildman–Crippen LogP) is 2.43. The lowest BCUT2D eigenvalue weighted by Crippen LogP contribution is -2.16. The van der Waals surface area contributed by atoms with Gasteiger partial charge in [0.2, 0.25) is 0 Å². The zero-order valence-electron chi connectivity index (χ0n) is 9.31. The molecule has 2 aromatic rings. The molecule has 3 nitrogen and oxygen atoms in total. The Balaban J connectivity index is 2.43. The van der Waals surface area contributed by atoms with Crippen LogP contribution in [0.15, 0.2) is 30.5 Å². The van der Waals surface area contributed by atoms with Crippen LogP contribution in [0.4, 0.5) is 0 Å². The van der Waals surface area contributed by atoms with Gasteiger partial charge in [0.25, 0.3) is 0 Å². The Bertz CT molecular complexity index is 485. The van der Waals surface area contributed by atoms with Crippen molar-refractivity contribution in [3.8, 4) is 0 Å². The molecule has 1 unspecified atom stereocenters. The molecule has 2 rings (SSSR count). The van der Waals surface area contributed by atoms with Crippen molar-refractivity contribution in [1.82, 2.24) is 9.78 Å². The fourth-order valence-electron chi connectivity index (χ4n) is 1.79. The normalized spacial score (nSPS) is 12.8. The van der Waals surface area contributed by atoms with Gasteiger partial charge in [-0.15, -0.1) is 0 Å². The van der Waals surface area contributed by atoms with Crippen molar-refractivity contribution < 1.29 is 0 Å². The van der Waals surface area contributed by atoms with Gasteiger partial charge in [-0.3, -0.25) is 4.68 Å². The summed E-state index contributed by atoms with van der Waals surface area (Å²) in [4.78, 5) is 0. The summed E-state index contributed by atoms with van der Waals surface area (Å²) < 4.78 is 1.72. The molecule has 2 N–H and O–H groups in total. The number of nitrogens with two attached hydrogens (primary N) is 1. The number of nitrogens with zero attached hydrogens (tertiary/aromatic N) is 2. The second kappa shape index (κ2) is 4.28. The van der Waals surface area contributed by atoms with Crippen molar-refractivity contribution in [2.24, 2.45) is 12.8 Å². The minimum Gasteiger partial charge on any atom is -0.319 e. The highest BCUT2D eigenvalue weighted by molar-refractivity contribution is 6.31. The molecule has 4 heteroatoms. The van der Waals surface area contributed by atoms with Gasteiger partial charge in [-0.05, 0) is 12.5 Å². The minimum atomic E-state index is -0.236. The summed E-state index contributed by atoms with van der Waals surface area (Å²) in [6, 6.07) is 7.87. The third-order valence-corrected chi connectivity index (χ3v) is 2.92. The predicted molar refractivity (Wildman–Crippen MR) is 65.4 cm³/mol. The fourth-order valence-corrected chi connectivity index (χ4v) is 2.07. The number of hydrogen-bond acceptors (Lipinski definition) is 2.